The Labute approximate surface area is 286 Å². The monoisotopic (exact) mass is 701 g/mol. The fourth-order valence-electron chi connectivity index (χ4n) is 6.70. The maximum Gasteiger partial charge on any atom is 0.427 e. The number of fused-ring (bicyclic) bond motifs is 1. The summed E-state index contributed by atoms with van der Waals surface area (Å²) < 4.78 is 44.9. The zero-order chi connectivity index (χ0) is 37.4. The first-order valence-corrected chi connectivity index (χ1v) is 17.1. The molecular weight excluding hydrogens is 647 g/mol. The summed E-state index contributed by atoms with van der Waals surface area (Å²) in [6, 6.07) is -5.83. The number of halogens is 3. The van der Waals surface area contributed by atoms with E-state index in [4.69, 9.17) is 10.5 Å². The third kappa shape index (κ3) is 9.44. The van der Waals surface area contributed by atoms with E-state index in [1.807, 2.05) is 13.8 Å². The number of nitrogens with one attached hydrogen (secondary N) is 3. The number of Topliss-reactive ketones (excluding diaryl/α,β-unsaturated/α-hetero) is 1. The van der Waals surface area contributed by atoms with Crippen LogP contribution in [0.1, 0.15) is 101 Å². The molecule has 3 rings (SSSR count). The van der Waals surface area contributed by atoms with Crippen LogP contribution in [0.25, 0.3) is 0 Å². The van der Waals surface area contributed by atoms with Crippen molar-refractivity contribution in [2.24, 2.45) is 40.2 Å². The summed E-state index contributed by atoms with van der Waals surface area (Å²) in [6.07, 6.45) is 0.189. The van der Waals surface area contributed by atoms with Crippen molar-refractivity contribution in [2.45, 2.75) is 137 Å². The predicted octanol–water partition coefficient (Wildman–Crippen LogP) is 3.60. The number of likely N-dealkylation sites (tertiary alicyclic amines) is 1. The summed E-state index contributed by atoms with van der Waals surface area (Å²) in [7, 11) is 0. The predicted molar refractivity (Wildman–Crippen MR) is 173 cm³/mol. The Morgan fingerprint density at radius 1 is 0.939 bits per heavy atom. The molecule has 0 radical (unpaired) electrons. The molecule has 1 aliphatic heterocycles. The molecule has 0 aromatic carbocycles. The third-order valence-corrected chi connectivity index (χ3v) is 10.3. The van der Waals surface area contributed by atoms with E-state index in [0.29, 0.717) is 26.2 Å². The number of urea groups is 1. The summed E-state index contributed by atoms with van der Waals surface area (Å²) in [5.41, 5.74) is 1.29. The van der Waals surface area contributed by atoms with E-state index in [1.54, 1.807) is 20.8 Å². The van der Waals surface area contributed by atoms with E-state index in [9.17, 15) is 41.9 Å². The fourth-order valence-corrected chi connectivity index (χ4v) is 6.70. The fraction of sp³-hybridized carbons (Fsp3) is 0.824. The number of unbranched alkanes of at least 4 members (excludes halogenated alkanes) is 1. The average molecular weight is 702 g/mol. The molecule has 2 saturated carbocycles. The number of carbonyl (C=O) groups is 6. The van der Waals surface area contributed by atoms with E-state index in [0.717, 1.165) is 12.8 Å². The van der Waals surface area contributed by atoms with Crippen molar-refractivity contribution in [1.29, 1.82) is 0 Å². The smallest absolute Gasteiger partial charge is 0.427 e. The molecule has 0 spiro atoms. The molecule has 6 atom stereocenters. The van der Waals surface area contributed by atoms with Crippen LogP contribution in [0.15, 0.2) is 0 Å². The molecule has 0 bridgehead atoms. The molecule has 49 heavy (non-hydrogen) atoms. The number of nitrogens with two attached hydrogens (primary N) is 1. The van der Waals surface area contributed by atoms with Crippen molar-refractivity contribution in [2.75, 3.05) is 6.54 Å². The van der Waals surface area contributed by atoms with Gasteiger partial charge in [0.1, 0.15) is 18.1 Å². The molecule has 0 aromatic rings. The van der Waals surface area contributed by atoms with Gasteiger partial charge in [0, 0.05) is 6.54 Å². The van der Waals surface area contributed by atoms with Crippen LogP contribution in [0.4, 0.5) is 18.0 Å². The molecule has 15 heteroatoms. The van der Waals surface area contributed by atoms with Gasteiger partial charge in [-0.3, -0.25) is 19.2 Å². The van der Waals surface area contributed by atoms with Gasteiger partial charge in [0.15, 0.2) is 0 Å². The first kappa shape index (κ1) is 40.0. The number of ether oxygens (including phenoxy) is 1. The Morgan fingerprint density at radius 3 is 2.02 bits per heavy atom. The zero-order valence-corrected chi connectivity index (χ0v) is 30.1. The lowest BCUT2D eigenvalue weighted by Gasteiger charge is -2.38. The molecule has 1 unspecified atom stereocenters. The summed E-state index contributed by atoms with van der Waals surface area (Å²) >= 11 is 0. The molecule has 1 saturated heterocycles. The number of nitrogens with zero attached hydrogens (tertiary/aromatic N) is 1. The summed E-state index contributed by atoms with van der Waals surface area (Å²) in [5.74, 6) is -4.82. The van der Waals surface area contributed by atoms with Gasteiger partial charge in [-0.15, -0.1) is 0 Å². The minimum absolute atomic E-state index is 0.0393. The number of amides is 5. The second-order valence-corrected chi connectivity index (χ2v) is 16.5. The first-order chi connectivity index (χ1) is 22.3. The molecular formula is C34H54F3N5O7. The van der Waals surface area contributed by atoms with Gasteiger partial charge in [0.2, 0.25) is 23.2 Å². The molecule has 3 aliphatic rings. The van der Waals surface area contributed by atoms with Gasteiger partial charge in [0.05, 0.1) is 6.04 Å². The topological polar surface area (TPSA) is 177 Å². The Kier molecular flexibility index (Phi) is 11.8. The number of ketones is 1. The highest BCUT2D eigenvalue weighted by Crippen LogP contribution is 2.65. The Hall–Kier alpha value is -3.39. The van der Waals surface area contributed by atoms with Crippen LogP contribution >= 0.6 is 0 Å². The molecule has 5 amide bonds. The van der Waals surface area contributed by atoms with Crippen LogP contribution < -0.4 is 21.7 Å². The van der Waals surface area contributed by atoms with E-state index in [1.165, 1.54) is 31.6 Å². The first-order valence-electron chi connectivity index (χ1n) is 17.1. The number of carbonyl (C=O) groups excluding carboxylic acids is 6. The van der Waals surface area contributed by atoms with Crippen molar-refractivity contribution in [3.8, 4) is 0 Å². The van der Waals surface area contributed by atoms with Crippen molar-refractivity contribution < 1.29 is 46.7 Å². The molecule has 278 valence electrons. The minimum atomic E-state index is -4.85. The second kappa shape index (κ2) is 14.5. The van der Waals surface area contributed by atoms with Gasteiger partial charge < -0.3 is 31.3 Å². The van der Waals surface area contributed by atoms with Crippen LogP contribution in [-0.4, -0.2) is 82.9 Å². The van der Waals surface area contributed by atoms with E-state index < -0.39 is 82.8 Å². The molecule has 5 N–H and O–H groups in total. The van der Waals surface area contributed by atoms with Gasteiger partial charge in [-0.2, -0.15) is 13.2 Å². The van der Waals surface area contributed by atoms with Crippen LogP contribution in [0.3, 0.4) is 0 Å². The average Bonchev–Trinajstić information content (AvgIpc) is 3.81. The van der Waals surface area contributed by atoms with Gasteiger partial charge in [-0.25, -0.2) is 9.59 Å². The van der Waals surface area contributed by atoms with Crippen molar-refractivity contribution in [1.82, 2.24) is 20.9 Å². The maximum absolute atomic E-state index is 14.2. The molecule has 3 fully saturated rings. The van der Waals surface area contributed by atoms with Gasteiger partial charge in [-0.05, 0) is 54.8 Å². The maximum atomic E-state index is 14.2. The number of rotatable bonds is 15. The second-order valence-electron chi connectivity index (χ2n) is 16.5. The Morgan fingerprint density at radius 2 is 1.53 bits per heavy atom. The number of alkyl halides is 3. The van der Waals surface area contributed by atoms with Crippen molar-refractivity contribution in [3.63, 3.8) is 0 Å². The van der Waals surface area contributed by atoms with E-state index >= 15 is 0 Å². The summed E-state index contributed by atoms with van der Waals surface area (Å²) in [6.45, 7) is 13.7. The number of hydrogen-bond acceptors (Lipinski definition) is 7. The highest BCUT2D eigenvalue weighted by Gasteiger charge is 2.70. The SMILES string of the molecule is CC(C)[C@H](NC(=O)N[C@H](C(=O)N1C[C@H]2[C@@H]([C@H]1C(=O)NC(CCCCC1CC1)C(=O)C(N)=O)C2(C)C)C(C)(C)C)C(=O)OC(C)(C)C(F)(F)F. The van der Waals surface area contributed by atoms with Gasteiger partial charge >= 0.3 is 18.2 Å². The third-order valence-electron chi connectivity index (χ3n) is 10.3. The lowest BCUT2D eigenvalue weighted by molar-refractivity contribution is -0.258. The summed E-state index contributed by atoms with van der Waals surface area (Å²) in [5, 5.41) is 7.65. The molecule has 2 aliphatic carbocycles. The molecule has 12 nitrogen and oxygen atoms in total. The standard InChI is InChI=1S/C34H54F3N5O7/c1-17(2)22(29(47)49-33(8,9)34(35,36)37)40-30(48)41-25(31(3,4)5)28(46)42-16-19-21(32(19,6)7)23(42)27(45)39-20(24(43)26(38)44)13-11-10-12-18-14-15-18/h17-23,25H,10-16H2,1-9H3,(H2,38,44)(H,39,45)(H2,40,41,48)/t19-,20?,21-,22-,23-,25+/m0/s1. The highest BCUT2D eigenvalue weighted by molar-refractivity contribution is 6.37. The largest absolute Gasteiger partial charge is 0.448 e. The van der Waals surface area contributed by atoms with Gasteiger partial charge in [0.25, 0.3) is 5.91 Å². The lowest BCUT2D eigenvalue weighted by atomic mass is 9.85. The van der Waals surface area contributed by atoms with Crippen LogP contribution in [0, 0.1) is 34.5 Å². The Balaban J connectivity index is 1.79. The number of piperidine rings is 1. The lowest BCUT2D eigenvalue weighted by Crippen LogP contribution is -2.62. The molecule has 0 aromatic heterocycles. The number of esters is 1. The van der Waals surface area contributed by atoms with Crippen LogP contribution in [0.2, 0.25) is 0 Å². The van der Waals surface area contributed by atoms with Crippen molar-refractivity contribution >= 4 is 35.5 Å². The zero-order valence-electron chi connectivity index (χ0n) is 30.1. The number of primary amides is 1. The van der Waals surface area contributed by atoms with Crippen LogP contribution in [-0.2, 0) is 28.7 Å². The molecule has 1 heterocycles. The van der Waals surface area contributed by atoms with E-state index in [2.05, 4.69) is 16.0 Å². The normalized spacial score (nSPS) is 23.5. The van der Waals surface area contributed by atoms with E-state index in [-0.39, 0.29) is 30.2 Å². The quantitative estimate of drug-likeness (QED) is 0.115. The highest BCUT2D eigenvalue weighted by atomic mass is 19.4. The Bertz CT molecular complexity index is 1310. The summed E-state index contributed by atoms with van der Waals surface area (Å²) in [4.78, 5) is 80.1. The minimum Gasteiger partial charge on any atom is -0.448 e. The van der Waals surface area contributed by atoms with Gasteiger partial charge in [-0.1, -0.05) is 80.6 Å². The number of hydrogen-bond donors (Lipinski definition) is 4. The van der Waals surface area contributed by atoms with Crippen molar-refractivity contribution in [3.05, 3.63) is 0 Å². The van der Waals surface area contributed by atoms with Crippen LogP contribution in [0.5, 0.6) is 0 Å².